The number of rotatable bonds is 7. The summed E-state index contributed by atoms with van der Waals surface area (Å²) in [6.45, 7) is 0.320. The molecule has 0 radical (unpaired) electrons. The van der Waals surface area contributed by atoms with Crippen molar-refractivity contribution in [2.75, 3.05) is 27.8 Å². The van der Waals surface area contributed by atoms with E-state index in [2.05, 4.69) is 11.4 Å². The summed E-state index contributed by atoms with van der Waals surface area (Å²) in [5, 5.41) is 2.96. The topological polar surface area (TPSA) is 67.9 Å². The molecular weight excluding hydrogens is 368 g/mol. The zero-order valence-corrected chi connectivity index (χ0v) is 17.3. The SMILES string of the molecule is COc1cc(CNC(=O)c2ccc3c(c2)CCCC3)ccc1OCC(=O)N(C)C. The van der Waals surface area contributed by atoms with E-state index in [1.165, 1.54) is 28.9 Å². The molecule has 154 valence electrons. The van der Waals surface area contributed by atoms with E-state index in [1.807, 2.05) is 24.3 Å². The van der Waals surface area contributed by atoms with E-state index in [-0.39, 0.29) is 18.4 Å². The van der Waals surface area contributed by atoms with Gasteiger partial charge < -0.3 is 19.7 Å². The Labute approximate surface area is 171 Å². The van der Waals surface area contributed by atoms with Gasteiger partial charge in [-0.15, -0.1) is 0 Å². The molecule has 6 nitrogen and oxygen atoms in total. The zero-order chi connectivity index (χ0) is 20.8. The minimum Gasteiger partial charge on any atom is -0.493 e. The van der Waals surface area contributed by atoms with Crippen molar-refractivity contribution in [2.24, 2.45) is 0 Å². The summed E-state index contributed by atoms with van der Waals surface area (Å²) >= 11 is 0. The predicted molar refractivity (Wildman–Crippen MR) is 111 cm³/mol. The molecule has 2 aromatic carbocycles. The molecule has 0 unspecified atom stereocenters. The van der Waals surface area contributed by atoms with Crippen LogP contribution in [0.5, 0.6) is 11.5 Å². The van der Waals surface area contributed by atoms with Crippen LogP contribution in [0.25, 0.3) is 0 Å². The van der Waals surface area contributed by atoms with Crippen LogP contribution in [0.2, 0.25) is 0 Å². The van der Waals surface area contributed by atoms with E-state index in [4.69, 9.17) is 9.47 Å². The fourth-order valence-electron chi connectivity index (χ4n) is 3.37. The highest BCUT2D eigenvalue weighted by atomic mass is 16.5. The highest BCUT2D eigenvalue weighted by molar-refractivity contribution is 5.94. The lowest BCUT2D eigenvalue weighted by molar-refractivity contribution is -0.130. The number of aryl methyl sites for hydroxylation is 2. The Hall–Kier alpha value is -3.02. The number of carbonyl (C=O) groups excluding carboxylic acids is 2. The number of ether oxygens (including phenoxy) is 2. The van der Waals surface area contributed by atoms with Gasteiger partial charge in [0.25, 0.3) is 11.8 Å². The second-order valence-corrected chi connectivity index (χ2v) is 7.44. The molecule has 1 aliphatic rings. The molecule has 0 atom stereocenters. The summed E-state index contributed by atoms with van der Waals surface area (Å²) in [5.74, 6) is 0.798. The molecule has 3 rings (SSSR count). The Balaban J connectivity index is 1.61. The van der Waals surface area contributed by atoms with Crippen LogP contribution in [-0.2, 0) is 24.2 Å². The first-order valence-electron chi connectivity index (χ1n) is 9.88. The standard InChI is InChI=1S/C23H28N2O4/c1-25(2)22(26)15-29-20-11-8-16(12-21(20)28-3)14-24-23(27)19-10-9-17-6-4-5-7-18(17)13-19/h8-13H,4-7,14-15H2,1-3H3,(H,24,27). The first-order chi connectivity index (χ1) is 14.0. The molecular formula is C23H28N2O4. The van der Waals surface area contributed by atoms with Gasteiger partial charge in [0, 0.05) is 26.2 Å². The summed E-state index contributed by atoms with van der Waals surface area (Å²) in [7, 11) is 4.90. The molecule has 2 amide bonds. The Kier molecular flexibility index (Phi) is 6.75. The van der Waals surface area contributed by atoms with Gasteiger partial charge in [-0.1, -0.05) is 12.1 Å². The largest absolute Gasteiger partial charge is 0.493 e. The lowest BCUT2D eigenvalue weighted by Crippen LogP contribution is -2.27. The van der Waals surface area contributed by atoms with Gasteiger partial charge in [0.1, 0.15) is 0 Å². The fraction of sp³-hybridized carbons (Fsp3) is 0.391. The normalized spacial score (nSPS) is 12.7. The van der Waals surface area contributed by atoms with Crippen LogP contribution in [0, 0.1) is 0 Å². The number of hydrogen-bond acceptors (Lipinski definition) is 4. The molecule has 0 heterocycles. The first-order valence-corrected chi connectivity index (χ1v) is 9.88. The third-order valence-corrected chi connectivity index (χ3v) is 5.14. The quantitative estimate of drug-likeness (QED) is 0.781. The number of methoxy groups -OCH3 is 1. The molecule has 0 aliphatic heterocycles. The van der Waals surface area contributed by atoms with Crippen LogP contribution in [-0.4, -0.2) is 44.5 Å². The van der Waals surface area contributed by atoms with Crippen molar-refractivity contribution >= 4 is 11.8 Å². The number of carbonyl (C=O) groups is 2. The lowest BCUT2D eigenvalue weighted by atomic mass is 9.90. The first kappa shape index (κ1) is 20.7. The van der Waals surface area contributed by atoms with Crippen LogP contribution >= 0.6 is 0 Å². The monoisotopic (exact) mass is 396 g/mol. The van der Waals surface area contributed by atoms with Crippen molar-refractivity contribution in [2.45, 2.75) is 32.2 Å². The van der Waals surface area contributed by atoms with Gasteiger partial charge in [0.2, 0.25) is 0 Å². The van der Waals surface area contributed by atoms with Crippen LogP contribution in [0.15, 0.2) is 36.4 Å². The number of nitrogens with zero attached hydrogens (tertiary/aromatic N) is 1. The number of hydrogen-bond donors (Lipinski definition) is 1. The highest BCUT2D eigenvalue weighted by Gasteiger charge is 2.14. The van der Waals surface area contributed by atoms with Crippen LogP contribution < -0.4 is 14.8 Å². The van der Waals surface area contributed by atoms with Crippen LogP contribution in [0.3, 0.4) is 0 Å². The van der Waals surface area contributed by atoms with E-state index >= 15 is 0 Å². The Bertz CT molecular complexity index is 892. The Morgan fingerprint density at radius 2 is 1.76 bits per heavy atom. The van der Waals surface area contributed by atoms with Gasteiger partial charge >= 0.3 is 0 Å². The number of amides is 2. The summed E-state index contributed by atoms with van der Waals surface area (Å²) in [6.07, 6.45) is 4.56. The van der Waals surface area contributed by atoms with E-state index in [1.54, 1.807) is 27.3 Å². The van der Waals surface area contributed by atoms with Crippen molar-refractivity contribution in [1.29, 1.82) is 0 Å². The van der Waals surface area contributed by atoms with Crippen molar-refractivity contribution in [3.63, 3.8) is 0 Å². The van der Waals surface area contributed by atoms with Gasteiger partial charge in [-0.25, -0.2) is 0 Å². The third-order valence-electron chi connectivity index (χ3n) is 5.14. The highest BCUT2D eigenvalue weighted by Crippen LogP contribution is 2.28. The molecule has 0 fully saturated rings. The number of nitrogens with one attached hydrogen (secondary N) is 1. The minimum absolute atomic E-state index is 0.0578. The molecule has 0 spiro atoms. The van der Waals surface area contributed by atoms with Crippen molar-refractivity contribution < 1.29 is 19.1 Å². The van der Waals surface area contributed by atoms with Gasteiger partial charge in [0.05, 0.1) is 7.11 Å². The smallest absolute Gasteiger partial charge is 0.259 e. The summed E-state index contributed by atoms with van der Waals surface area (Å²) in [5.41, 5.74) is 4.24. The fourth-order valence-corrected chi connectivity index (χ4v) is 3.37. The number of likely N-dealkylation sites (N-methyl/N-ethyl adjacent to an activating group) is 1. The van der Waals surface area contributed by atoms with E-state index in [9.17, 15) is 9.59 Å². The molecule has 29 heavy (non-hydrogen) atoms. The van der Waals surface area contributed by atoms with Gasteiger partial charge in [-0.3, -0.25) is 9.59 Å². The van der Waals surface area contributed by atoms with Crippen LogP contribution in [0.1, 0.15) is 39.9 Å². The summed E-state index contributed by atoms with van der Waals surface area (Å²) < 4.78 is 10.9. The molecule has 0 saturated carbocycles. The van der Waals surface area contributed by atoms with E-state index < -0.39 is 0 Å². The predicted octanol–water partition coefficient (Wildman–Crippen LogP) is 2.97. The average molecular weight is 396 g/mol. The molecule has 2 aromatic rings. The van der Waals surface area contributed by atoms with Crippen molar-refractivity contribution in [3.8, 4) is 11.5 Å². The van der Waals surface area contributed by atoms with Gasteiger partial charge in [-0.05, 0) is 66.6 Å². The summed E-state index contributed by atoms with van der Waals surface area (Å²) in [6, 6.07) is 11.4. The Morgan fingerprint density at radius 1 is 1.00 bits per heavy atom. The van der Waals surface area contributed by atoms with E-state index in [0.717, 1.165) is 18.4 Å². The lowest BCUT2D eigenvalue weighted by Gasteiger charge is -2.16. The molecule has 0 bridgehead atoms. The molecule has 0 saturated heterocycles. The van der Waals surface area contributed by atoms with E-state index in [0.29, 0.717) is 23.6 Å². The molecule has 1 N–H and O–H groups in total. The molecule has 0 aromatic heterocycles. The maximum absolute atomic E-state index is 12.6. The number of fused-ring (bicyclic) bond motifs is 1. The zero-order valence-electron chi connectivity index (χ0n) is 17.3. The average Bonchev–Trinajstić information content (AvgIpc) is 2.75. The molecule has 1 aliphatic carbocycles. The van der Waals surface area contributed by atoms with Crippen molar-refractivity contribution in [1.82, 2.24) is 10.2 Å². The minimum atomic E-state index is -0.131. The second-order valence-electron chi connectivity index (χ2n) is 7.44. The summed E-state index contributed by atoms with van der Waals surface area (Å²) in [4.78, 5) is 25.7. The molecule has 6 heteroatoms. The van der Waals surface area contributed by atoms with Gasteiger partial charge in [0.15, 0.2) is 18.1 Å². The third kappa shape index (κ3) is 5.28. The Morgan fingerprint density at radius 3 is 2.48 bits per heavy atom. The maximum atomic E-state index is 12.6. The second kappa shape index (κ2) is 9.45. The van der Waals surface area contributed by atoms with Gasteiger partial charge in [-0.2, -0.15) is 0 Å². The van der Waals surface area contributed by atoms with Crippen molar-refractivity contribution in [3.05, 3.63) is 58.7 Å². The van der Waals surface area contributed by atoms with Crippen LogP contribution in [0.4, 0.5) is 0 Å². The number of benzene rings is 2. The maximum Gasteiger partial charge on any atom is 0.259 e.